The normalized spacial score (nSPS) is 19.2. The molecule has 3 heterocycles. The first-order chi connectivity index (χ1) is 13.7. The zero-order valence-corrected chi connectivity index (χ0v) is 16.8. The monoisotopic (exact) mass is 381 g/mol. The van der Waals surface area contributed by atoms with Gasteiger partial charge in [0.2, 0.25) is 0 Å². The molecule has 2 aliphatic rings. The van der Waals surface area contributed by atoms with Crippen LogP contribution in [0.5, 0.6) is 0 Å². The molecular weight excluding hydrogens is 350 g/mol. The Hall–Kier alpha value is -2.14. The maximum absolute atomic E-state index is 13.2. The summed E-state index contributed by atoms with van der Waals surface area (Å²) in [7, 11) is 0. The lowest BCUT2D eigenvalue weighted by Crippen LogP contribution is -2.43. The van der Waals surface area contributed by atoms with E-state index in [4.69, 9.17) is 4.42 Å². The van der Waals surface area contributed by atoms with Gasteiger partial charge >= 0.3 is 0 Å². The Morgan fingerprint density at radius 2 is 2.00 bits per heavy atom. The number of furan rings is 1. The van der Waals surface area contributed by atoms with Gasteiger partial charge in [-0.2, -0.15) is 0 Å². The first-order valence-corrected chi connectivity index (χ1v) is 10.7. The number of hydrogen-bond donors (Lipinski definition) is 0. The lowest BCUT2D eigenvalue weighted by atomic mass is 9.94. The number of pyridine rings is 1. The molecule has 2 aromatic rings. The first-order valence-electron chi connectivity index (χ1n) is 10.7. The number of rotatable bonds is 6. The molecule has 0 atom stereocenters. The smallest absolute Gasteiger partial charge is 0.257 e. The van der Waals surface area contributed by atoms with Crippen LogP contribution < -0.4 is 0 Å². The summed E-state index contributed by atoms with van der Waals surface area (Å²) in [5.74, 6) is 1.32. The minimum absolute atomic E-state index is 0.0633. The van der Waals surface area contributed by atoms with E-state index in [1.165, 1.54) is 51.6 Å². The van der Waals surface area contributed by atoms with Crippen molar-refractivity contribution in [2.24, 2.45) is 5.92 Å². The maximum atomic E-state index is 13.2. The Kier molecular flexibility index (Phi) is 6.10. The molecule has 1 saturated carbocycles. The van der Waals surface area contributed by atoms with E-state index in [0.29, 0.717) is 23.8 Å². The van der Waals surface area contributed by atoms with Gasteiger partial charge in [-0.1, -0.05) is 18.9 Å². The highest BCUT2D eigenvalue weighted by Gasteiger charge is 2.29. The van der Waals surface area contributed by atoms with Crippen LogP contribution in [0, 0.1) is 12.8 Å². The van der Waals surface area contributed by atoms with Crippen LogP contribution in [0.3, 0.4) is 0 Å². The summed E-state index contributed by atoms with van der Waals surface area (Å²) in [5, 5.41) is 0. The highest BCUT2D eigenvalue weighted by Crippen LogP contribution is 2.28. The van der Waals surface area contributed by atoms with E-state index in [1.807, 2.05) is 30.2 Å². The molecule has 0 spiro atoms. The fraction of sp³-hybridized carbons (Fsp3) is 0.565. The van der Waals surface area contributed by atoms with Crippen LogP contribution in [0.1, 0.15) is 60.2 Å². The van der Waals surface area contributed by atoms with Crippen molar-refractivity contribution >= 4 is 5.91 Å². The predicted octanol–water partition coefficient (Wildman–Crippen LogP) is 4.28. The topological polar surface area (TPSA) is 49.6 Å². The first kappa shape index (κ1) is 19.2. The molecule has 5 nitrogen and oxygen atoms in total. The summed E-state index contributed by atoms with van der Waals surface area (Å²) in [6.07, 6.45) is 13.1. The molecule has 0 unspecified atom stereocenters. The van der Waals surface area contributed by atoms with Crippen molar-refractivity contribution in [3.8, 4) is 0 Å². The van der Waals surface area contributed by atoms with Crippen LogP contribution in [0.25, 0.3) is 0 Å². The van der Waals surface area contributed by atoms with E-state index >= 15 is 0 Å². The quantitative estimate of drug-likeness (QED) is 0.749. The van der Waals surface area contributed by atoms with Crippen molar-refractivity contribution in [1.82, 2.24) is 14.8 Å². The molecular formula is C23H31N3O2. The van der Waals surface area contributed by atoms with Gasteiger partial charge in [0, 0.05) is 31.5 Å². The number of carbonyl (C=O) groups is 1. The maximum Gasteiger partial charge on any atom is 0.257 e. The van der Waals surface area contributed by atoms with Gasteiger partial charge in [0.25, 0.3) is 5.91 Å². The Morgan fingerprint density at radius 3 is 2.64 bits per heavy atom. The van der Waals surface area contributed by atoms with E-state index in [0.717, 1.165) is 18.2 Å². The van der Waals surface area contributed by atoms with Crippen LogP contribution in [0.2, 0.25) is 0 Å². The van der Waals surface area contributed by atoms with Crippen molar-refractivity contribution < 1.29 is 9.21 Å². The molecule has 2 fully saturated rings. The third kappa shape index (κ3) is 4.46. The largest absolute Gasteiger partial charge is 0.469 e. The average molecular weight is 382 g/mol. The lowest BCUT2D eigenvalue weighted by Gasteiger charge is -2.37. The van der Waals surface area contributed by atoms with E-state index in [-0.39, 0.29) is 5.91 Å². The van der Waals surface area contributed by atoms with Gasteiger partial charge in [0.05, 0.1) is 11.8 Å². The fourth-order valence-corrected chi connectivity index (χ4v) is 4.79. The summed E-state index contributed by atoms with van der Waals surface area (Å²) in [6.45, 7) is 5.61. The van der Waals surface area contributed by atoms with Gasteiger partial charge in [-0.05, 0) is 69.3 Å². The summed E-state index contributed by atoms with van der Waals surface area (Å²) in [6, 6.07) is 6.57. The fourth-order valence-electron chi connectivity index (χ4n) is 4.79. The molecule has 2 aromatic heterocycles. The van der Waals surface area contributed by atoms with Crippen molar-refractivity contribution in [1.29, 1.82) is 0 Å². The van der Waals surface area contributed by atoms with Gasteiger partial charge in [-0.15, -0.1) is 0 Å². The van der Waals surface area contributed by atoms with E-state index in [9.17, 15) is 4.79 Å². The summed E-state index contributed by atoms with van der Waals surface area (Å²) in [5.41, 5.74) is 1.74. The van der Waals surface area contributed by atoms with E-state index < -0.39 is 0 Å². The van der Waals surface area contributed by atoms with Crippen LogP contribution in [-0.2, 0) is 6.54 Å². The molecule has 1 amide bonds. The Labute approximate surface area is 167 Å². The van der Waals surface area contributed by atoms with Crippen molar-refractivity contribution in [2.45, 2.75) is 58.0 Å². The highest BCUT2D eigenvalue weighted by atomic mass is 16.3. The minimum Gasteiger partial charge on any atom is -0.469 e. The van der Waals surface area contributed by atoms with Crippen LogP contribution in [0.15, 0.2) is 41.3 Å². The number of nitrogens with zero attached hydrogens (tertiary/aromatic N) is 3. The number of aromatic nitrogens is 1. The molecule has 0 radical (unpaired) electrons. The number of hydrogen-bond acceptors (Lipinski definition) is 4. The number of piperidine rings is 1. The van der Waals surface area contributed by atoms with Gasteiger partial charge < -0.3 is 14.2 Å². The molecule has 1 saturated heterocycles. The van der Waals surface area contributed by atoms with E-state index in [1.54, 1.807) is 18.5 Å². The zero-order chi connectivity index (χ0) is 19.3. The lowest BCUT2D eigenvalue weighted by molar-refractivity contribution is 0.0648. The standard InChI is InChI=1S/C23H31N3O2/c1-18-22(10-14-28-18)23(27)26(17-20-5-4-11-24-15-20)16-19-8-12-25(13-9-19)21-6-2-3-7-21/h4-5,10-11,14-15,19,21H,2-3,6-9,12-13,16-17H2,1H3. The molecule has 0 bridgehead atoms. The van der Waals surface area contributed by atoms with Crippen LogP contribution >= 0.6 is 0 Å². The van der Waals surface area contributed by atoms with Crippen molar-refractivity contribution in [3.05, 3.63) is 53.7 Å². The molecule has 1 aliphatic carbocycles. The minimum atomic E-state index is 0.0633. The molecule has 1 aliphatic heterocycles. The second-order valence-corrected chi connectivity index (χ2v) is 8.36. The third-order valence-electron chi connectivity index (χ3n) is 6.44. The Bertz CT molecular complexity index is 759. The van der Waals surface area contributed by atoms with Crippen LogP contribution in [0.4, 0.5) is 0 Å². The van der Waals surface area contributed by atoms with Gasteiger partial charge in [-0.25, -0.2) is 0 Å². The number of likely N-dealkylation sites (tertiary alicyclic amines) is 1. The number of amides is 1. The highest BCUT2D eigenvalue weighted by molar-refractivity contribution is 5.95. The Morgan fingerprint density at radius 1 is 1.21 bits per heavy atom. The SMILES string of the molecule is Cc1occc1C(=O)N(Cc1cccnc1)CC1CCN(C2CCCC2)CC1. The molecule has 5 heteroatoms. The molecule has 4 rings (SSSR count). The summed E-state index contributed by atoms with van der Waals surface area (Å²) >= 11 is 0. The second kappa shape index (κ2) is 8.91. The summed E-state index contributed by atoms with van der Waals surface area (Å²) in [4.78, 5) is 22.1. The third-order valence-corrected chi connectivity index (χ3v) is 6.44. The molecule has 28 heavy (non-hydrogen) atoms. The summed E-state index contributed by atoms with van der Waals surface area (Å²) < 4.78 is 5.38. The van der Waals surface area contributed by atoms with E-state index in [2.05, 4.69) is 9.88 Å². The van der Waals surface area contributed by atoms with Crippen LogP contribution in [-0.4, -0.2) is 46.4 Å². The van der Waals surface area contributed by atoms with Gasteiger partial charge in [0.15, 0.2) is 0 Å². The average Bonchev–Trinajstić information content (AvgIpc) is 3.40. The predicted molar refractivity (Wildman–Crippen MR) is 109 cm³/mol. The van der Waals surface area contributed by atoms with Gasteiger partial charge in [0.1, 0.15) is 5.76 Å². The molecule has 0 aromatic carbocycles. The number of aryl methyl sites for hydroxylation is 1. The zero-order valence-electron chi connectivity index (χ0n) is 16.8. The van der Waals surface area contributed by atoms with Gasteiger partial charge in [-0.3, -0.25) is 9.78 Å². The van der Waals surface area contributed by atoms with Crippen molar-refractivity contribution in [2.75, 3.05) is 19.6 Å². The second-order valence-electron chi connectivity index (χ2n) is 8.36. The van der Waals surface area contributed by atoms with Crippen molar-refractivity contribution in [3.63, 3.8) is 0 Å². The Balaban J connectivity index is 1.42. The molecule has 150 valence electrons. The number of carbonyl (C=O) groups excluding carboxylic acids is 1. The molecule has 0 N–H and O–H groups in total.